The van der Waals surface area contributed by atoms with E-state index >= 15 is 0 Å². The van der Waals surface area contributed by atoms with Gasteiger partial charge in [-0.15, -0.1) is 0 Å². The van der Waals surface area contributed by atoms with Gasteiger partial charge in [0.1, 0.15) is 41.5 Å². The first-order chi connectivity index (χ1) is 13.2. The van der Waals surface area contributed by atoms with Gasteiger partial charge in [-0.1, -0.05) is 0 Å². The second-order valence-corrected chi connectivity index (χ2v) is 7.06. The Labute approximate surface area is 160 Å². The fourth-order valence-electron chi connectivity index (χ4n) is 3.27. The standard InChI is InChI=1S/C19H24O9/c1-8-3-10(27-19-18(25)17(24)16(23)14(7-20)28-19)6-13-15(8)12(22)5-11(26-13)4-9(2)21/h3,5-6,9,14,16-21,23-25H,4,7H2,1-2H3/t9?,14-,16-,17+,18-,19-/m1/s1. The molecule has 1 aromatic heterocycles. The zero-order valence-electron chi connectivity index (χ0n) is 15.5. The maximum atomic E-state index is 12.4. The number of aryl methyl sites for hydroxylation is 1. The molecular weight excluding hydrogens is 372 g/mol. The SMILES string of the molecule is Cc1cc(O[C@@H]2O[C@H](CO)[C@@H](O)[C@H](O)[C@H]2O)cc2oc(CC(C)O)cc(=O)c12. The van der Waals surface area contributed by atoms with E-state index in [0.717, 1.165) is 0 Å². The van der Waals surface area contributed by atoms with Crippen LogP contribution in [0, 0.1) is 6.92 Å². The Balaban J connectivity index is 1.94. The molecule has 154 valence electrons. The van der Waals surface area contributed by atoms with Crippen molar-refractivity contribution in [2.45, 2.75) is 57.1 Å². The molecule has 1 aromatic carbocycles. The zero-order chi connectivity index (χ0) is 20.6. The molecule has 0 radical (unpaired) electrons. The number of hydrogen-bond acceptors (Lipinski definition) is 9. The van der Waals surface area contributed by atoms with Crippen molar-refractivity contribution in [1.29, 1.82) is 0 Å². The quantitative estimate of drug-likeness (QED) is 0.438. The molecule has 9 heteroatoms. The first kappa shape index (κ1) is 20.7. The average Bonchev–Trinajstić information content (AvgIpc) is 2.61. The normalized spacial score (nSPS) is 29.0. The van der Waals surface area contributed by atoms with Gasteiger partial charge >= 0.3 is 0 Å². The second kappa shape index (κ2) is 8.16. The van der Waals surface area contributed by atoms with Crippen LogP contribution >= 0.6 is 0 Å². The number of benzene rings is 1. The van der Waals surface area contributed by atoms with Gasteiger partial charge < -0.3 is 39.4 Å². The van der Waals surface area contributed by atoms with Crippen molar-refractivity contribution in [2.24, 2.45) is 0 Å². The van der Waals surface area contributed by atoms with E-state index in [0.29, 0.717) is 16.7 Å². The molecule has 1 aliphatic rings. The minimum absolute atomic E-state index is 0.169. The fraction of sp³-hybridized carbons (Fsp3) is 0.526. The molecule has 0 saturated carbocycles. The predicted molar refractivity (Wildman–Crippen MR) is 97.0 cm³/mol. The number of ether oxygens (including phenoxy) is 2. The lowest BCUT2D eigenvalue weighted by atomic mass is 9.99. The van der Waals surface area contributed by atoms with Crippen LogP contribution < -0.4 is 10.2 Å². The molecule has 1 aliphatic heterocycles. The third-order valence-electron chi connectivity index (χ3n) is 4.65. The first-order valence-corrected chi connectivity index (χ1v) is 8.94. The molecule has 6 atom stereocenters. The Morgan fingerprint density at radius 2 is 1.86 bits per heavy atom. The summed E-state index contributed by atoms with van der Waals surface area (Å²) in [4.78, 5) is 12.4. The summed E-state index contributed by atoms with van der Waals surface area (Å²) in [7, 11) is 0. The van der Waals surface area contributed by atoms with Gasteiger partial charge in [-0.3, -0.25) is 4.79 Å². The number of rotatable bonds is 5. The third kappa shape index (κ3) is 4.04. The van der Waals surface area contributed by atoms with E-state index in [1.165, 1.54) is 12.1 Å². The topological polar surface area (TPSA) is 150 Å². The van der Waals surface area contributed by atoms with Crippen molar-refractivity contribution in [3.63, 3.8) is 0 Å². The Morgan fingerprint density at radius 3 is 2.50 bits per heavy atom. The molecular formula is C19H24O9. The minimum atomic E-state index is -1.56. The molecule has 1 fully saturated rings. The average molecular weight is 396 g/mol. The summed E-state index contributed by atoms with van der Waals surface area (Å²) in [5, 5.41) is 49.0. The van der Waals surface area contributed by atoms with Crippen molar-refractivity contribution in [3.8, 4) is 5.75 Å². The zero-order valence-corrected chi connectivity index (χ0v) is 15.5. The minimum Gasteiger partial charge on any atom is -0.462 e. The molecule has 28 heavy (non-hydrogen) atoms. The maximum Gasteiger partial charge on any atom is 0.229 e. The molecule has 5 N–H and O–H groups in total. The molecule has 1 saturated heterocycles. The van der Waals surface area contributed by atoms with E-state index in [4.69, 9.17) is 13.9 Å². The van der Waals surface area contributed by atoms with Gasteiger partial charge in [-0.25, -0.2) is 0 Å². The highest BCUT2D eigenvalue weighted by atomic mass is 16.7. The molecule has 3 rings (SSSR count). The molecule has 0 bridgehead atoms. The lowest BCUT2D eigenvalue weighted by Gasteiger charge is -2.39. The Morgan fingerprint density at radius 1 is 1.14 bits per heavy atom. The molecule has 1 unspecified atom stereocenters. The summed E-state index contributed by atoms with van der Waals surface area (Å²) in [5.41, 5.74) is 0.547. The smallest absolute Gasteiger partial charge is 0.229 e. The van der Waals surface area contributed by atoms with E-state index in [1.54, 1.807) is 19.9 Å². The monoisotopic (exact) mass is 396 g/mol. The Kier molecular flexibility index (Phi) is 6.04. The van der Waals surface area contributed by atoms with Crippen LogP contribution in [0.3, 0.4) is 0 Å². The molecule has 2 aromatic rings. The van der Waals surface area contributed by atoms with Crippen LogP contribution in [-0.2, 0) is 11.2 Å². The van der Waals surface area contributed by atoms with Crippen LogP contribution in [0.5, 0.6) is 5.75 Å². The largest absolute Gasteiger partial charge is 0.462 e. The molecule has 0 amide bonds. The summed E-state index contributed by atoms with van der Waals surface area (Å²) < 4.78 is 16.6. The first-order valence-electron chi connectivity index (χ1n) is 8.94. The van der Waals surface area contributed by atoms with Gasteiger partial charge in [-0.2, -0.15) is 0 Å². The van der Waals surface area contributed by atoms with E-state index in [9.17, 15) is 30.3 Å². The van der Waals surface area contributed by atoms with E-state index in [-0.39, 0.29) is 23.2 Å². The van der Waals surface area contributed by atoms with Gasteiger partial charge in [0.15, 0.2) is 5.43 Å². The van der Waals surface area contributed by atoms with Crippen LogP contribution in [0.2, 0.25) is 0 Å². The van der Waals surface area contributed by atoms with E-state index in [1.807, 2.05) is 0 Å². The highest BCUT2D eigenvalue weighted by molar-refractivity contribution is 5.81. The van der Waals surface area contributed by atoms with Crippen molar-refractivity contribution in [2.75, 3.05) is 6.61 Å². The van der Waals surface area contributed by atoms with Crippen LogP contribution in [0.4, 0.5) is 0 Å². The van der Waals surface area contributed by atoms with Crippen molar-refractivity contribution < 1.29 is 39.4 Å². The summed E-state index contributed by atoms with van der Waals surface area (Å²) in [6.07, 6.45) is -7.56. The third-order valence-corrected chi connectivity index (χ3v) is 4.65. The number of aliphatic hydroxyl groups excluding tert-OH is 5. The summed E-state index contributed by atoms with van der Waals surface area (Å²) >= 11 is 0. The summed E-state index contributed by atoms with van der Waals surface area (Å²) in [6, 6.07) is 4.33. The molecule has 9 nitrogen and oxygen atoms in total. The summed E-state index contributed by atoms with van der Waals surface area (Å²) in [5.74, 6) is 0.517. The molecule has 0 aliphatic carbocycles. The van der Waals surface area contributed by atoms with Gasteiger partial charge in [0, 0.05) is 18.6 Å². The number of hydrogen-bond donors (Lipinski definition) is 5. The highest BCUT2D eigenvalue weighted by Crippen LogP contribution is 2.28. The van der Waals surface area contributed by atoms with Crippen LogP contribution in [-0.4, -0.2) is 68.9 Å². The Bertz CT molecular complexity index is 889. The van der Waals surface area contributed by atoms with Gasteiger partial charge in [0.2, 0.25) is 6.29 Å². The van der Waals surface area contributed by atoms with Crippen molar-refractivity contribution in [1.82, 2.24) is 0 Å². The maximum absolute atomic E-state index is 12.4. The fourth-order valence-corrected chi connectivity index (χ4v) is 3.27. The summed E-state index contributed by atoms with van der Waals surface area (Å²) in [6.45, 7) is 2.70. The highest BCUT2D eigenvalue weighted by Gasteiger charge is 2.44. The van der Waals surface area contributed by atoms with Crippen molar-refractivity contribution in [3.05, 3.63) is 39.7 Å². The van der Waals surface area contributed by atoms with Gasteiger partial charge in [-0.05, 0) is 25.5 Å². The number of fused-ring (bicyclic) bond motifs is 1. The lowest BCUT2D eigenvalue weighted by molar-refractivity contribution is -0.277. The van der Waals surface area contributed by atoms with Crippen LogP contribution in [0.15, 0.2) is 27.4 Å². The second-order valence-electron chi connectivity index (χ2n) is 7.06. The van der Waals surface area contributed by atoms with Crippen LogP contribution in [0.1, 0.15) is 18.2 Å². The molecule has 0 spiro atoms. The Hall–Kier alpha value is -2.01. The van der Waals surface area contributed by atoms with Gasteiger partial charge in [0.25, 0.3) is 0 Å². The van der Waals surface area contributed by atoms with Crippen LogP contribution in [0.25, 0.3) is 11.0 Å². The number of aliphatic hydroxyl groups is 5. The van der Waals surface area contributed by atoms with Crippen molar-refractivity contribution >= 4 is 11.0 Å². The van der Waals surface area contributed by atoms with Gasteiger partial charge in [0.05, 0.1) is 18.1 Å². The lowest BCUT2D eigenvalue weighted by Crippen LogP contribution is -2.60. The molecule has 2 heterocycles. The van der Waals surface area contributed by atoms with E-state index in [2.05, 4.69) is 0 Å². The predicted octanol–water partition coefficient (Wildman–Crippen LogP) is -0.797. The van der Waals surface area contributed by atoms with E-state index < -0.39 is 43.4 Å².